The number of ether oxygens (including phenoxy) is 1. The van der Waals surface area contributed by atoms with E-state index in [4.69, 9.17) is 16.2 Å². The number of primary amides is 1. The van der Waals surface area contributed by atoms with Crippen molar-refractivity contribution in [3.8, 4) is 5.75 Å². The molecule has 0 radical (unpaired) electrons. The van der Waals surface area contributed by atoms with Crippen LogP contribution in [0.3, 0.4) is 0 Å². The van der Waals surface area contributed by atoms with Crippen molar-refractivity contribution in [2.75, 3.05) is 13.2 Å². The van der Waals surface area contributed by atoms with Gasteiger partial charge in [-0.3, -0.25) is 4.79 Å². The lowest BCUT2D eigenvalue weighted by Gasteiger charge is -2.25. The Kier molecular flexibility index (Phi) is 8.00. The molecule has 1 saturated carbocycles. The average Bonchev–Trinajstić information content (AvgIpc) is 2.42. The standard InChI is InChI=1S/C15H22N4O2.HI/c16-14(20)10-21-13-6-2-5-12(7-13)9-19-15(17)18-8-11-3-1-4-11;/h2,5-7,11H,1,3-4,8-10H2,(H2,16,20)(H3,17,18,19);1H. The number of aliphatic imine (C=N–C) groups is 1. The van der Waals surface area contributed by atoms with E-state index in [9.17, 15) is 4.79 Å². The molecular weight excluding hydrogens is 395 g/mol. The first-order valence-corrected chi connectivity index (χ1v) is 7.17. The van der Waals surface area contributed by atoms with Crippen molar-refractivity contribution < 1.29 is 9.53 Å². The fourth-order valence-corrected chi connectivity index (χ4v) is 2.07. The van der Waals surface area contributed by atoms with E-state index in [1.807, 2.05) is 18.2 Å². The van der Waals surface area contributed by atoms with Gasteiger partial charge in [-0.1, -0.05) is 18.6 Å². The van der Waals surface area contributed by atoms with Crippen molar-refractivity contribution in [3.05, 3.63) is 29.8 Å². The van der Waals surface area contributed by atoms with Crippen LogP contribution in [0.25, 0.3) is 0 Å². The number of guanidine groups is 1. The molecule has 1 aromatic rings. The summed E-state index contributed by atoms with van der Waals surface area (Å²) in [6.45, 7) is 1.24. The van der Waals surface area contributed by atoms with Crippen LogP contribution in [0.15, 0.2) is 29.3 Å². The lowest BCUT2D eigenvalue weighted by molar-refractivity contribution is -0.119. The Bertz CT molecular complexity index is 518. The second-order valence-corrected chi connectivity index (χ2v) is 5.28. The number of benzene rings is 1. The van der Waals surface area contributed by atoms with Gasteiger partial charge in [0.2, 0.25) is 0 Å². The maximum absolute atomic E-state index is 10.7. The minimum absolute atomic E-state index is 0. The third-order valence-electron chi connectivity index (χ3n) is 3.51. The van der Waals surface area contributed by atoms with E-state index in [1.54, 1.807) is 6.07 Å². The maximum atomic E-state index is 10.7. The zero-order valence-corrected chi connectivity index (χ0v) is 14.8. The number of amides is 1. The summed E-state index contributed by atoms with van der Waals surface area (Å²) in [5.74, 6) is 1.31. The average molecular weight is 418 g/mol. The molecule has 1 amide bonds. The van der Waals surface area contributed by atoms with E-state index in [-0.39, 0.29) is 30.6 Å². The summed E-state index contributed by atoms with van der Waals surface area (Å²) < 4.78 is 5.25. The van der Waals surface area contributed by atoms with Crippen molar-refractivity contribution >= 4 is 35.8 Å². The summed E-state index contributed by atoms with van der Waals surface area (Å²) in [6.07, 6.45) is 3.88. The summed E-state index contributed by atoms with van der Waals surface area (Å²) >= 11 is 0. The molecule has 0 saturated heterocycles. The van der Waals surface area contributed by atoms with Crippen LogP contribution < -0.4 is 21.5 Å². The molecule has 122 valence electrons. The van der Waals surface area contributed by atoms with Crippen LogP contribution in [-0.2, 0) is 11.3 Å². The first-order chi connectivity index (χ1) is 10.1. The topological polar surface area (TPSA) is 103 Å². The molecular formula is C15H23IN4O2. The molecule has 1 aromatic carbocycles. The van der Waals surface area contributed by atoms with Gasteiger partial charge in [0.15, 0.2) is 12.6 Å². The monoisotopic (exact) mass is 418 g/mol. The minimum Gasteiger partial charge on any atom is -0.484 e. The molecule has 5 N–H and O–H groups in total. The highest BCUT2D eigenvalue weighted by molar-refractivity contribution is 14.0. The summed E-state index contributed by atoms with van der Waals surface area (Å²) in [5, 5.41) is 3.14. The van der Waals surface area contributed by atoms with Crippen molar-refractivity contribution in [1.82, 2.24) is 5.32 Å². The highest BCUT2D eigenvalue weighted by Gasteiger charge is 2.16. The summed E-state index contributed by atoms with van der Waals surface area (Å²) in [7, 11) is 0. The van der Waals surface area contributed by atoms with Crippen molar-refractivity contribution in [2.24, 2.45) is 22.4 Å². The highest BCUT2D eigenvalue weighted by atomic mass is 127. The van der Waals surface area contributed by atoms with E-state index < -0.39 is 5.91 Å². The number of carbonyl (C=O) groups is 1. The van der Waals surface area contributed by atoms with Gasteiger partial charge in [0.25, 0.3) is 5.91 Å². The second kappa shape index (κ2) is 9.50. The molecule has 0 heterocycles. The number of rotatable bonds is 7. The Morgan fingerprint density at radius 1 is 1.36 bits per heavy atom. The lowest BCUT2D eigenvalue weighted by Crippen LogP contribution is -2.37. The SMILES string of the molecule is I.NC(=O)COc1cccc(CN=C(N)NCC2CCC2)c1. The van der Waals surface area contributed by atoms with Crippen LogP contribution >= 0.6 is 24.0 Å². The Labute approximate surface area is 147 Å². The lowest BCUT2D eigenvalue weighted by atomic mass is 9.85. The van der Waals surface area contributed by atoms with E-state index in [2.05, 4.69) is 10.3 Å². The normalized spacial score (nSPS) is 14.6. The van der Waals surface area contributed by atoms with Crippen molar-refractivity contribution in [1.29, 1.82) is 0 Å². The molecule has 0 bridgehead atoms. The van der Waals surface area contributed by atoms with Gasteiger partial charge in [0, 0.05) is 6.54 Å². The Balaban J connectivity index is 0.00000242. The van der Waals surface area contributed by atoms with Gasteiger partial charge in [0.1, 0.15) is 5.75 Å². The number of nitrogens with zero attached hydrogens (tertiary/aromatic N) is 1. The predicted molar refractivity (Wildman–Crippen MR) is 97.2 cm³/mol. The van der Waals surface area contributed by atoms with E-state index in [0.717, 1.165) is 18.0 Å². The van der Waals surface area contributed by atoms with Gasteiger partial charge in [-0.2, -0.15) is 0 Å². The smallest absolute Gasteiger partial charge is 0.255 e. The van der Waals surface area contributed by atoms with Crippen LogP contribution in [0.2, 0.25) is 0 Å². The summed E-state index contributed by atoms with van der Waals surface area (Å²) in [6, 6.07) is 7.37. The predicted octanol–water partition coefficient (Wildman–Crippen LogP) is 1.37. The fraction of sp³-hybridized carbons (Fsp3) is 0.467. The molecule has 1 aliphatic carbocycles. The molecule has 0 atom stereocenters. The fourth-order valence-electron chi connectivity index (χ4n) is 2.07. The molecule has 1 aliphatic rings. The number of hydrogen-bond acceptors (Lipinski definition) is 3. The van der Waals surface area contributed by atoms with Gasteiger partial charge in [-0.05, 0) is 36.5 Å². The quantitative estimate of drug-likeness (QED) is 0.354. The van der Waals surface area contributed by atoms with Crippen LogP contribution in [-0.4, -0.2) is 25.0 Å². The molecule has 6 nitrogen and oxygen atoms in total. The number of halogens is 1. The number of hydrogen-bond donors (Lipinski definition) is 3. The van der Waals surface area contributed by atoms with Gasteiger partial charge in [0.05, 0.1) is 6.54 Å². The maximum Gasteiger partial charge on any atom is 0.255 e. The molecule has 2 rings (SSSR count). The van der Waals surface area contributed by atoms with Crippen LogP contribution in [0, 0.1) is 5.92 Å². The molecule has 1 fully saturated rings. The van der Waals surface area contributed by atoms with E-state index in [1.165, 1.54) is 19.3 Å². The van der Waals surface area contributed by atoms with E-state index >= 15 is 0 Å². The first-order valence-electron chi connectivity index (χ1n) is 7.17. The van der Waals surface area contributed by atoms with Crippen molar-refractivity contribution in [3.63, 3.8) is 0 Å². The largest absolute Gasteiger partial charge is 0.484 e. The molecule has 7 heteroatoms. The first kappa shape index (κ1) is 18.5. The zero-order chi connectivity index (χ0) is 15.1. The third-order valence-corrected chi connectivity index (χ3v) is 3.51. The molecule has 0 spiro atoms. The van der Waals surface area contributed by atoms with Crippen molar-refractivity contribution in [2.45, 2.75) is 25.8 Å². The number of nitrogens with one attached hydrogen (secondary N) is 1. The van der Waals surface area contributed by atoms with Gasteiger partial charge >= 0.3 is 0 Å². The molecule has 0 aromatic heterocycles. The van der Waals surface area contributed by atoms with Crippen LogP contribution in [0.4, 0.5) is 0 Å². The van der Waals surface area contributed by atoms with Gasteiger partial charge < -0.3 is 21.5 Å². The number of carbonyl (C=O) groups excluding carboxylic acids is 1. The summed E-state index contributed by atoms with van der Waals surface area (Å²) in [4.78, 5) is 15.0. The van der Waals surface area contributed by atoms with Crippen LogP contribution in [0.1, 0.15) is 24.8 Å². The zero-order valence-electron chi connectivity index (χ0n) is 12.5. The van der Waals surface area contributed by atoms with Gasteiger partial charge in [-0.15, -0.1) is 24.0 Å². The highest BCUT2D eigenvalue weighted by Crippen LogP contribution is 2.25. The third kappa shape index (κ3) is 6.50. The Morgan fingerprint density at radius 3 is 2.77 bits per heavy atom. The number of nitrogens with two attached hydrogens (primary N) is 2. The Morgan fingerprint density at radius 2 is 2.14 bits per heavy atom. The second-order valence-electron chi connectivity index (χ2n) is 5.28. The minimum atomic E-state index is -0.497. The molecule has 22 heavy (non-hydrogen) atoms. The van der Waals surface area contributed by atoms with Crippen LogP contribution in [0.5, 0.6) is 5.75 Å². The molecule has 0 unspecified atom stereocenters. The molecule has 0 aliphatic heterocycles. The van der Waals surface area contributed by atoms with E-state index in [0.29, 0.717) is 18.3 Å². The summed E-state index contributed by atoms with van der Waals surface area (Å²) in [5.41, 5.74) is 11.8. The van der Waals surface area contributed by atoms with Gasteiger partial charge in [-0.25, -0.2) is 4.99 Å². The Hall–Kier alpha value is -1.51.